The molecule has 40 heavy (non-hydrogen) atoms. The third-order valence-electron chi connectivity index (χ3n) is 7.16. The van der Waals surface area contributed by atoms with Gasteiger partial charge in [-0.05, 0) is 44.9 Å². The summed E-state index contributed by atoms with van der Waals surface area (Å²) < 4.78 is 97.8. The molecule has 0 amide bonds. The van der Waals surface area contributed by atoms with Crippen molar-refractivity contribution in [1.29, 1.82) is 0 Å². The summed E-state index contributed by atoms with van der Waals surface area (Å²) in [6.07, 6.45) is 5.53. The Morgan fingerprint density at radius 3 is 2.30 bits per heavy atom. The van der Waals surface area contributed by atoms with Gasteiger partial charge in [-0.3, -0.25) is 8.69 Å². The molecule has 1 aliphatic heterocycles. The van der Waals surface area contributed by atoms with Crippen LogP contribution in [-0.4, -0.2) is 66.1 Å². The molecular formula is C25H27F3N6O4S2. The van der Waals surface area contributed by atoms with Gasteiger partial charge in [-0.25, -0.2) is 40.0 Å². The van der Waals surface area contributed by atoms with Crippen LogP contribution in [0.4, 0.5) is 24.8 Å². The van der Waals surface area contributed by atoms with Crippen molar-refractivity contribution in [2.75, 3.05) is 29.3 Å². The van der Waals surface area contributed by atoms with Gasteiger partial charge in [0.1, 0.15) is 16.5 Å². The van der Waals surface area contributed by atoms with E-state index in [1.165, 1.54) is 13.8 Å². The summed E-state index contributed by atoms with van der Waals surface area (Å²) in [5.41, 5.74) is -1.39. The molecule has 0 bridgehead atoms. The Kier molecular flexibility index (Phi) is 6.85. The lowest BCUT2D eigenvalue weighted by atomic mass is 10.0. The van der Waals surface area contributed by atoms with Crippen molar-refractivity contribution >= 4 is 37.4 Å². The molecule has 1 spiro atoms. The number of nitrogens with zero attached hydrogens (tertiary/aromatic N) is 5. The van der Waals surface area contributed by atoms with Gasteiger partial charge in [0.25, 0.3) is 10.0 Å². The topological polar surface area (TPSA) is 118 Å². The molecule has 2 fully saturated rings. The summed E-state index contributed by atoms with van der Waals surface area (Å²) in [7, 11) is -8.36. The highest BCUT2D eigenvalue weighted by Crippen LogP contribution is 2.49. The first-order valence-corrected chi connectivity index (χ1v) is 15.4. The summed E-state index contributed by atoms with van der Waals surface area (Å²) in [6, 6.07) is 2.75. The van der Waals surface area contributed by atoms with E-state index < -0.39 is 58.9 Å². The van der Waals surface area contributed by atoms with Crippen LogP contribution >= 0.6 is 0 Å². The molecule has 1 saturated carbocycles. The fourth-order valence-electron chi connectivity index (χ4n) is 4.79. The molecule has 3 aromatic rings. The average Bonchev–Trinajstić information content (AvgIpc) is 3.44. The van der Waals surface area contributed by atoms with E-state index in [1.54, 1.807) is 0 Å². The molecular weight excluding hydrogens is 569 g/mol. The molecule has 2 aromatic heterocycles. The molecule has 2 aliphatic rings. The van der Waals surface area contributed by atoms with Crippen LogP contribution in [0.25, 0.3) is 5.70 Å². The number of rotatable bonds is 8. The molecule has 1 aliphatic carbocycles. The lowest BCUT2D eigenvalue weighted by Crippen LogP contribution is -2.54. The van der Waals surface area contributed by atoms with Crippen molar-refractivity contribution in [3.63, 3.8) is 0 Å². The number of nitrogens with one attached hydrogen (secondary N) is 1. The van der Waals surface area contributed by atoms with E-state index in [0.717, 1.165) is 47.0 Å². The highest BCUT2D eigenvalue weighted by Gasteiger charge is 2.52. The molecule has 214 valence electrons. The summed E-state index contributed by atoms with van der Waals surface area (Å²) in [5, 5.41) is -0.816. The van der Waals surface area contributed by atoms with Crippen LogP contribution in [-0.2, 0) is 20.0 Å². The second-order valence-corrected chi connectivity index (χ2v) is 14.2. The summed E-state index contributed by atoms with van der Waals surface area (Å²) in [6.45, 7) is 8.03. The maximum Gasteiger partial charge on any atom is 0.263 e. The monoisotopic (exact) mass is 596 g/mol. The highest BCUT2D eigenvalue weighted by molar-refractivity contribution is 7.93. The van der Waals surface area contributed by atoms with Gasteiger partial charge in [0.15, 0.2) is 5.82 Å². The minimum Gasteiger partial charge on any atom is -0.362 e. The Labute approximate surface area is 230 Å². The predicted octanol–water partition coefficient (Wildman–Crippen LogP) is 3.41. The van der Waals surface area contributed by atoms with Crippen molar-refractivity contribution < 1.29 is 30.0 Å². The van der Waals surface area contributed by atoms with Gasteiger partial charge >= 0.3 is 0 Å². The lowest BCUT2D eigenvalue weighted by molar-refractivity contribution is 0.243. The van der Waals surface area contributed by atoms with E-state index >= 15 is 8.78 Å². The van der Waals surface area contributed by atoms with Crippen LogP contribution < -0.4 is 9.62 Å². The Hall–Kier alpha value is -3.59. The maximum absolute atomic E-state index is 15.3. The van der Waals surface area contributed by atoms with Crippen LogP contribution in [0.3, 0.4) is 0 Å². The lowest BCUT2D eigenvalue weighted by Gasteiger charge is -2.44. The Bertz CT molecular complexity index is 1690. The zero-order chi connectivity index (χ0) is 29.0. The molecule has 10 nitrogen and oxygen atoms in total. The van der Waals surface area contributed by atoms with E-state index in [2.05, 4.69) is 21.3 Å². The number of aromatic nitrogens is 3. The van der Waals surface area contributed by atoms with Crippen LogP contribution in [0, 0.1) is 17.5 Å². The van der Waals surface area contributed by atoms with Gasteiger partial charge in [0.05, 0.1) is 34.4 Å². The summed E-state index contributed by atoms with van der Waals surface area (Å²) in [4.78, 5) is 11.3. The number of hydrogen-bond acceptors (Lipinski definition) is 8. The molecule has 0 radical (unpaired) electrons. The first kappa shape index (κ1) is 28.0. The highest BCUT2D eigenvalue weighted by atomic mass is 32.2. The van der Waals surface area contributed by atoms with Crippen LogP contribution in [0.2, 0.25) is 0 Å². The van der Waals surface area contributed by atoms with Crippen LogP contribution in [0.1, 0.15) is 32.3 Å². The minimum atomic E-state index is -4.52. The van der Waals surface area contributed by atoms with Crippen LogP contribution in [0.15, 0.2) is 54.5 Å². The number of halogens is 3. The number of hydrogen-bond donors (Lipinski definition) is 1. The number of piperazine rings is 1. The Morgan fingerprint density at radius 2 is 1.68 bits per heavy atom. The van der Waals surface area contributed by atoms with Crippen molar-refractivity contribution in [2.45, 2.75) is 42.4 Å². The molecule has 15 heteroatoms. The molecule has 1 N–H and O–H groups in total. The number of benzene rings is 1. The standard InChI is InChI=1S/C25H27F3N6O4S2/c1-16(2)40(37,38)33-9-6-19(14-33)39(35,36)31-23-21(28)5-4-20(27)22(23)17(3)34-11-10-32(15-25(34)7-8-25)24-29-12-18(26)13-30-24/h4-6,9,12-14,16,31H,3,7-8,10-11,15H2,1-2H3. The van der Waals surface area contributed by atoms with Gasteiger partial charge in [0.2, 0.25) is 16.0 Å². The first-order chi connectivity index (χ1) is 18.7. The zero-order valence-electron chi connectivity index (χ0n) is 21.7. The molecule has 0 unspecified atom stereocenters. The third-order valence-corrected chi connectivity index (χ3v) is 10.5. The van der Waals surface area contributed by atoms with Crippen molar-refractivity contribution in [1.82, 2.24) is 18.8 Å². The number of anilines is 2. The van der Waals surface area contributed by atoms with Gasteiger partial charge in [-0.1, -0.05) is 6.58 Å². The molecule has 5 rings (SSSR count). The SMILES string of the molecule is C=C(c1c(F)ccc(F)c1NS(=O)(=O)c1ccn(S(=O)(=O)C(C)C)c1)N1CCN(c2ncc(F)cn2)CC12CC2. The van der Waals surface area contributed by atoms with Crippen molar-refractivity contribution in [2.24, 2.45) is 0 Å². The van der Waals surface area contributed by atoms with Gasteiger partial charge < -0.3 is 9.80 Å². The van der Waals surface area contributed by atoms with Crippen molar-refractivity contribution in [3.8, 4) is 0 Å². The molecule has 1 aromatic carbocycles. The third kappa shape index (κ3) is 4.91. The second-order valence-electron chi connectivity index (χ2n) is 10.1. The Balaban J connectivity index is 1.44. The van der Waals surface area contributed by atoms with E-state index in [-0.39, 0.29) is 11.3 Å². The number of sulfonamides is 1. The van der Waals surface area contributed by atoms with Crippen LogP contribution in [0.5, 0.6) is 0 Å². The smallest absolute Gasteiger partial charge is 0.263 e. The van der Waals surface area contributed by atoms with E-state index in [9.17, 15) is 21.2 Å². The molecule has 3 heterocycles. The van der Waals surface area contributed by atoms with Crippen molar-refractivity contribution in [3.05, 3.63) is 72.6 Å². The van der Waals surface area contributed by atoms with E-state index in [1.807, 2.05) is 9.80 Å². The van der Waals surface area contributed by atoms with E-state index in [0.29, 0.717) is 38.4 Å². The maximum atomic E-state index is 15.3. The fraction of sp³-hybridized carbons (Fsp3) is 0.360. The summed E-state index contributed by atoms with van der Waals surface area (Å²) >= 11 is 0. The largest absolute Gasteiger partial charge is 0.362 e. The van der Waals surface area contributed by atoms with Gasteiger partial charge in [-0.2, -0.15) is 0 Å². The zero-order valence-corrected chi connectivity index (χ0v) is 23.3. The van der Waals surface area contributed by atoms with Gasteiger partial charge in [-0.15, -0.1) is 0 Å². The van der Waals surface area contributed by atoms with Gasteiger partial charge in [0, 0.05) is 37.7 Å². The summed E-state index contributed by atoms with van der Waals surface area (Å²) in [5.74, 6) is -2.14. The minimum absolute atomic E-state index is 0.0897. The Morgan fingerprint density at radius 1 is 1.02 bits per heavy atom. The normalized spacial score (nSPS) is 16.9. The average molecular weight is 597 g/mol. The second kappa shape index (κ2) is 9.80. The molecule has 1 saturated heterocycles. The van der Waals surface area contributed by atoms with E-state index in [4.69, 9.17) is 0 Å². The fourth-order valence-corrected chi connectivity index (χ4v) is 6.91. The first-order valence-electron chi connectivity index (χ1n) is 12.4. The molecule has 0 atom stereocenters. The quantitative estimate of drug-likeness (QED) is 0.421. The predicted molar refractivity (Wildman–Crippen MR) is 143 cm³/mol.